The van der Waals surface area contributed by atoms with Crippen LogP contribution in [0.4, 0.5) is 5.69 Å². The summed E-state index contributed by atoms with van der Waals surface area (Å²) in [6.45, 7) is 2.44. The van der Waals surface area contributed by atoms with Crippen molar-refractivity contribution in [3.63, 3.8) is 0 Å². The van der Waals surface area contributed by atoms with E-state index in [2.05, 4.69) is 15.5 Å². The maximum atomic E-state index is 13.3. The zero-order valence-electron chi connectivity index (χ0n) is 15.9. The molecule has 0 aliphatic rings. The molecule has 4 aromatic rings. The van der Waals surface area contributed by atoms with Gasteiger partial charge in [0.1, 0.15) is 11.0 Å². The van der Waals surface area contributed by atoms with Crippen LogP contribution in [0.3, 0.4) is 0 Å². The van der Waals surface area contributed by atoms with E-state index < -0.39 is 5.25 Å². The van der Waals surface area contributed by atoms with E-state index in [1.54, 1.807) is 0 Å². The Balaban J connectivity index is 1.65. The Bertz CT molecular complexity index is 1110. The number of fused-ring (bicyclic) bond motifs is 1. The lowest BCUT2D eigenvalue weighted by Crippen LogP contribution is -2.20. The molecule has 146 valence electrons. The topological polar surface area (TPSA) is 68.5 Å². The Labute approximate surface area is 172 Å². The first-order valence-electron chi connectivity index (χ1n) is 9.30. The fourth-order valence-corrected chi connectivity index (χ4v) is 3.98. The standard InChI is InChI=1S/C22H20N4O2S/c1-2-28-18-13-7-6-12-17(18)23-21(27)20(16-10-4-3-5-11-16)29-22-25-24-19-14-8-9-15-26(19)22/h3-15,20H,2H2,1H3,(H,23,27)/t20-/m1/s1. The molecule has 0 spiro atoms. The number of pyridine rings is 1. The zero-order valence-corrected chi connectivity index (χ0v) is 16.7. The summed E-state index contributed by atoms with van der Waals surface area (Å²) in [4.78, 5) is 13.3. The summed E-state index contributed by atoms with van der Waals surface area (Å²) in [5, 5.41) is 11.6. The predicted octanol–water partition coefficient (Wildman–Crippen LogP) is 4.60. The number of carbonyl (C=O) groups excluding carboxylic acids is 1. The molecule has 0 saturated carbocycles. The number of aromatic nitrogens is 3. The molecule has 7 heteroatoms. The van der Waals surface area contributed by atoms with E-state index in [0.29, 0.717) is 23.2 Å². The number of ether oxygens (including phenoxy) is 1. The van der Waals surface area contributed by atoms with E-state index in [1.165, 1.54) is 11.8 Å². The fraction of sp³-hybridized carbons (Fsp3) is 0.136. The summed E-state index contributed by atoms with van der Waals surface area (Å²) in [5.74, 6) is 0.495. The summed E-state index contributed by atoms with van der Waals surface area (Å²) < 4.78 is 7.52. The van der Waals surface area contributed by atoms with Gasteiger partial charge in [0.2, 0.25) is 5.91 Å². The smallest absolute Gasteiger partial charge is 0.242 e. The molecule has 1 N–H and O–H groups in total. The van der Waals surface area contributed by atoms with Crippen molar-refractivity contribution in [2.24, 2.45) is 0 Å². The molecular weight excluding hydrogens is 384 g/mol. The number of benzene rings is 2. The van der Waals surface area contributed by atoms with Crippen LogP contribution in [0.25, 0.3) is 5.65 Å². The largest absolute Gasteiger partial charge is 0.492 e. The van der Waals surface area contributed by atoms with Gasteiger partial charge in [-0.1, -0.05) is 60.3 Å². The molecule has 4 rings (SSSR count). The van der Waals surface area contributed by atoms with E-state index in [9.17, 15) is 4.79 Å². The van der Waals surface area contributed by atoms with Crippen LogP contribution < -0.4 is 10.1 Å². The maximum absolute atomic E-state index is 13.3. The van der Waals surface area contributed by atoms with Crippen molar-refractivity contribution in [2.45, 2.75) is 17.3 Å². The van der Waals surface area contributed by atoms with Gasteiger partial charge in [0.05, 0.1) is 12.3 Å². The van der Waals surface area contributed by atoms with Crippen molar-refractivity contribution in [3.05, 3.63) is 84.6 Å². The van der Waals surface area contributed by atoms with Crippen LogP contribution in [-0.4, -0.2) is 27.1 Å². The van der Waals surface area contributed by atoms with E-state index in [0.717, 1.165) is 11.2 Å². The fourth-order valence-electron chi connectivity index (χ4n) is 2.96. The van der Waals surface area contributed by atoms with Gasteiger partial charge in [-0.3, -0.25) is 9.20 Å². The molecule has 2 heterocycles. The van der Waals surface area contributed by atoms with Crippen LogP contribution >= 0.6 is 11.8 Å². The second-order valence-electron chi connectivity index (χ2n) is 6.24. The minimum atomic E-state index is -0.501. The third kappa shape index (κ3) is 4.25. The van der Waals surface area contributed by atoms with Crippen molar-refractivity contribution in [1.29, 1.82) is 0 Å². The number of carbonyl (C=O) groups is 1. The number of hydrogen-bond acceptors (Lipinski definition) is 5. The lowest BCUT2D eigenvalue weighted by molar-refractivity contribution is -0.115. The van der Waals surface area contributed by atoms with Gasteiger partial charge in [-0.05, 0) is 36.8 Å². The van der Waals surface area contributed by atoms with Crippen LogP contribution in [0.1, 0.15) is 17.7 Å². The van der Waals surface area contributed by atoms with Gasteiger partial charge in [-0.25, -0.2) is 0 Å². The number of nitrogens with one attached hydrogen (secondary N) is 1. The Morgan fingerprint density at radius 2 is 1.79 bits per heavy atom. The van der Waals surface area contributed by atoms with E-state index in [4.69, 9.17) is 4.74 Å². The number of nitrogens with zero attached hydrogens (tertiary/aromatic N) is 3. The Morgan fingerprint density at radius 3 is 2.62 bits per heavy atom. The van der Waals surface area contributed by atoms with Crippen molar-refractivity contribution in [1.82, 2.24) is 14.6 Å². The summed E-state index contributed by atoms with van der Waals surface area (Å²) in [6, 6.07) is 22.8. The minimum absolute atomic E-state index is 0.152. The van der Waals surface area contributed by atoms with Gasteiger partial charge in [0, 0.05) is 6.20 Å². The van der Waals surface area contributed by atoms with Crippen LogP contribution in [0.2, 0.25) is 0 Å². The summed E-state index contributed by atoms with van der Waals surface area (Å²) >= 11 is 1.36. The van der Waals surface area contributed by atoms with Gasteiger partial charge in [0.25, 0.3) is 0 Å². The SMILES string of the molecule is CCOc1ccccc1NC(=O)[C@H](Sc1nnc2ccccn12)c1ccccc1. The minimum Gasteiger partial charge on any atom is -0.492 e. The highest BCUT2D eigenvalue weighted by atomic mass is 32.2. The number of thioether (sulfide) groups is 1. The van der Waals surface area contributed by atoms with Gasteiger partial charge in [0.15, 0.2) is 10.8 Å². The second-order valence-corrected chi connectivity index (χ2v) is 7.31. The van der Waals surface area contributed by atoms with Gasteiger partial charge >= 0.3 is 0 Å². The van der Waals surface area contributed by atoms with E-state index >= 15 is 0 Å². The average Bonchev–Trinajstić information content (AvgIpc) is 3.17. The van der Waals surface area contributed by atoms with Crippen LogP contribution in [0.15, 0.2) is 84.1 Å². The third-order valence-electron chi connectivity index (χ3n) is 4.29. The normalized spacial score (nSPS) is 11.9. The van der Waals surface area contributed by atoms with Crippen molar-refractivity contribution in [3.8, 4) is 5.75 Å². The molecule has 6 nitrogen and oxygen atoms in total. The number of para-hydroxylation sites is 2. The molecule has 0 saturated heterocycles. The molecule has 0 bridgehead atoms. The van der Waals surface area contributed by atoms with Crippen LogP contribution in [0.5, 0.6) is 5.75 Å². The lowest BCUT2D eigenvalue weighted by atomic mass is 10.1. The zero-order chi connectivity index (χ0) is 20.1. The highest BCUT2D eigenvalue weighted by Crippen LogP contribution is 2.36. The lowest BCUT2D eigenvalue weighted by Gasteiger charge is -2.17. The highest BCUT2D eigenvalue weighted by Gasteiger charge is 2.25. The molecule has 1 amide bonds. The molecule has 1 atom stereocenters. The average molecular weight is 404 g/mol. The first-order valence-corrected chi connectivity index (χ1v) is 10.2. The molecular formula is C22H20N4O2S. The quantitative estimate of drug-likeness (QED) is 0.456. The molecule has 0 aliphatic heterocycles. The Kier molecular flexibility index (Phi) is 5.76. The summed E-state index contributed by atoms with van der Waals surface area (Å²) in [5.41, 5.74) is 2.27. The van der Waals surface area contributed by atoms with Gasteiger partial charge in [-0.2, -0.15) is 0 Å². The second kappa shape index (κ2) is 8.79. The number of hydrogen-bond donors (Lipinski definition) is 1. The summed E-state index contributed by atoms with van der Waals surface area (Å²) in [6.07, 6.45) is 1.89. The highest BCUT2D eigenvalue weighted by molar-refractivity contribution is 8.00. The monoisotopic (exact) mass is 404 g/mol. The predicted molar refractivity (Wildman–Crippen MR) is 114 cm³/mol. The maximum Gasteiger partial charge on any atom is 0.242 e. The van der Waals surface area contributed by atoms with E-state index in [1.807, 2.05) is 90.3 Å². The van der Waals surface area contributed by atoms with Crippen LogP contribution in [-0.2, 0) is 4.79 Å². The number of rotatable bonds is 7. The van der Waals surface area contributed by atoms with Crippen LogP contribution in [0, 0.1) is 0 Å². The van der Waals surface area contributed by atoms with Gasteiger partial charge < -0.3 is 10.1 Å². The van der Waals surface area contributed by atoms with Gasteiger partial charge in [-0.15, -0.1) is 10.2 Å². The molecule has 2 aromatic carbocycles. The third-order valence-corrected chi connectivity index (χ3v) is 5.50. The molecule has 2 aromatic heterocycles. The molecule has 0 aliphatic carbocycles. The van der Waals surface area contributed by atoms with Crippen molar-refractivity contribution >= 4 is 29.0 Å². The van der Waals surface area contributed by atoms with Crippen molar-refractivity contribution in [2.75, 3.05) is 11.9 Å². The Hall–Kier alpha value is -3.32. The molecule has 0 unspecified atom stereocenters. The van der Waals surface area contributed by atoms with E-state index in [-0.39, 0.29) is 5.91 Å². The molecule has 0 fully saturated rings. The number of amides is 1. The number of anilines is 1. The summed E-state index contributed by atoms with van der Waals surface area (Å²) in [7, 11) is 0. The molecule has 0 radical (unpaired) electrons. The van der Waals surface area contributed by atoms with Crippen molar-refractivity contribution < 1.29 is 9.53 Å². The first kappa shape index (κ1) is 19.0. The Morgan fingerprint density at radius 1 is 1.03 bits per heavy atom. The first-order chi connectivity index (χ1) is 14.3. The molecule has 29 heavy (non-hydrogen) atoms.